The summed E-state index contributed by atoms with van der Waals surface area (Å²) in [4.78, 5) is 22.1. The number of hydrogen-bond donors (Lipinski definition) is 1. The zero-order valence-corrected chi connectivity index (χ0v) is 14.9. The van der Waals surface area contributed by atoms with E-state index in [1.165, 1.54) is 0 Å². The van der Waals surface area contributed by atoms with E-state index in [0.29, 0.717) is 5.89 Å². The Kier molecular flexibility index (Phi) is 6.03. The van der Waals surface area contributed by atoms with Gasteiger partial charge in [-0.05, 0) is 0 Å². The Morgan fingerprint density at radius 2 is 2.00 bits per heavy atom. The van der Waals surface area contributed by atoms with Crippen molar-refractivity contribution in [2.45, 2.75) is 25.0 Å². The molecular formula is C13H12Cl2N4O4S. The standard InChI is InChI=1S/C13H12Cl2N4O4S/c1-6(2)12-17-18-13(23-12)24-5-10(20)16-11-8(14)3-7(19(21)22)4-9(11)15/h3-4,6H,5H2,1-2H3,(H,16,20). The van der Waals surface area contributed by atoms with Gasteiger partial charge in [0.15, 0.2) is 0 Å². The Labute approximate surface area is 151 Å². The number of carbonyl (C=O) groups excluding carboxylic acids is 1. The van der Waals surface area contributed by atoms with E-state index >= 15 is 0 Å². The molecule has 0 radical (unpaired) electrons. The summed E-state index contributed by atoms with van der Waals surface area (Å²) in [6.45, 7) is 3.82. The number of halogens is 2. The van der Waals surface area contributed by atoms with Gasteiger partial charge in [-0.2, -0.15) is 0 Å². The maximum absolute atomic E-state index is 12.0. The molecule has 1 aromatic heterocycles. The molecule has 1 N–H and O–H groups in total. The van der Waals surface area contributed by atoms with Crippen molar-refractivity contribution >= 4 is 52.2 Å². The van der Waals surface area contributed by atoms with Gasteiger partial charge in [0.1, 0.15) is 0 Å². The number of anilines is 1. The summed E-state index contributed by atoms with van der Waals surface area (Å²) in [6, 6.07) is 2.23. The monoisotopic (exact) mass is 390 g/mol. The largest absolute Gasteiger partial charge is 0.416 e. The van der Waals surface area contributed by atoms with Crippen molar-refractivity contribution in [1.29, 1.82) is 0 Å². The number of nitro benzene ring substituents is 1. The van der Waals surface area contributed by atoms with E-state index in [1.807, 2.05) is 13.8 Å². The number of nitrogens with zero attached hydrogens (tertiary/aromatic N) is 3. The molecule has 128 valence electrons. The van der Waals surface area contributed by atoms with Gasteiger partial charge < -0.3 is 9.73 Å². The molecule has 1 aromatic carbocycles. The van der Waals surface area contributed by atoms with Gasteiger partial charge in [-0.15, -0.1) is 10.2 Å². The zero-order chi connectivity index (χ0) is 17.9. The maximum atomic E-state index is 12.0. The third-order valence-corrected chi connectivity index (χ3v) is 4.16. The van der Waals surface area contributed by atoms with Crippen LogP contribution in [0.1, 0.15) is 25.7 Å². The minimum absolute atomic E-state index is 0.0105. The smallest absolute Gasteiger partial charge is 0.277 e. The van der Waals surface area contributed by atoms with Crippen LogP contribution in [0.2, 0.25) is 10.0 Å². The average Bonchev–Trinajstić information content (AvgIpc) is 2.97. The van der Waals surface area contributed by atoms with Gasteiger partial charge in [0, 0.05) is 18.1 Å². The Morgan fingerprint density at radius 3 is 2.50 bits per heavy atom. The molecule has 1 amide bonds. The summed E-state index contributed by atoms with van der Waals surface area (Å²) in [5.41, 5.74) is -0.146. The number of thioether (sulfide) groups is 1. The number of aromatic nitrogens is 2. The van der Waals surface area contributed by atoms with Crippen LogP contribution in [0.15, 0.2) is 21.8 Å². The molecule has 0 unspecified atom stereocenters. The fraction of sp³-hybridized carbons (Fsp3) is 0.308. The van der Waals surface area contributed by atoms with Crippen LogP contribution >= 0.6 is 35.0 Å². The van der Waals surface area contributed by atoms with Crippen LogP contribution in [0.5, 0.6) is 0 Å². The van der Waals surface area contributed by atoms with E-state index in [9.17, 15) is 14.9 Å². The number of rotatable bonds is 6. The number of nitrogens with one attached hydrogen (secondary N) is 1. The van der Waals surface area contributed by atoms with Crippen molar-refractivity contribution in [3.63, 3.8) is 0 Å². The molecule has 0 aliphatic rings. The molecule has 0 aliphatic carbocycles. The fourth-order valence-electron chi connectivity index (χ4n) is 1.60. The lowest BCUT2D eigenvalue weighted by atomic mass is 10.2. The molecule has 0 atom stereocenters. The van der Waals surface area contributed by atoms with Gasteiger partial charge in [-0.25, -0.2) is 0 Å². The van der Waals surface area contributed by atoms with Gasteiger partial charge in [0.2, 0.25) is 11.8 Å². The lowest BCUT2D eigenvalue weighted by Crippen LogP contribution is -2.14. The van der Waals surface area contributed by atoms with Crippen molar-refractivity contribution < 1.29 is 14.1 Å². The summed E-state index contributed by atoms with van der Waals surface area (Å²) in [7, 11) is 0. The van der Waals surface area contributed by atoms with Gasteiger partial charge in [-0.1, -0.05) is 48.8 Å². The Balaban J connectivity index is 2.00. The molecule has 11 heteroatoms. The number of amides is 1. The minimum atomic E-state index is -0.624. The van der Waals surface area contributed by atoms with Crippen molar-refractivity contribution in [2.75, 3.05) is 11.1 Å². The first-order chi connectivity index (χ1) is 11.3. The number of carbonyl (C=O) groups is 1. The molecule has 0 bridgehead atoms. The summed E-state index contributed by atoms with van der Waals surface area (Å²) in [6.07, 6.45) is 0. The Bertz CT molecular complexity index is 758. The lowest BCUT2D eigenvalue weighted by Gasteiger charge is -2.08. The topological polar surface area (TPSA) is 111 Å². The molecule has 2 rings (SSSR count). The molecule has 24 heavy (non-hydrogen) atoms. The second-order valence-corrected chi connectivity index (χ2v) is 6.68. The molecule has 1 heterocycles. The van der Waals surface area contributed by atoms with Crippen LogP contribution in [-0.2, 0) is 4.79 Å². The number of non-ortho nitro benzene ring substituents is 1. The van der Waals surface area contributed by atoms with Gasteiger partial charge >= 0.3 is 0 Å². The van der Waals surface area contributed by atoms with Crippen LogP contribution < -0.4 is 5.32 Å². The van der Waals surface area contributed by atoms with Gasteiger partial charge in [0.05, 0.1) is 26.4 Å². The number of nitro groups is 1. The Hall–Kier alpha value is -1.84. The molecule has 0 saturated carbocycles. The normalized spacial score (nSPS) is 10.9. The molecule has 0 fully saturated rings. The summed E-state index contributed by atoms with van der Waals surface area (Å²) in [5, 5.41) is 21.1. The van der Waals surface area contributed by atoms with Crippen molar-refractivity contribution in [3.8, 4) is 0 Å². The second-order valence-electron chi connectivity index (χ2n) is 4.94. The minimum Gasteiger partial charge on any atom is -0.416 e. The van der Waals surface area contributed by atoms with E-state index in [4.69, 9.17) is 27.6 Å². The number of hydrogen-bond acceptors (Lipinski definition) is 7. The summed E-state index contributed by atoms with van der Waals surface area (Å²) in [5.74, 6) is 0.156. The fourth-order valence-corrected chi connectivity index (χ4v) is 2.74. The first-order valence-corrected chi connectivity index (χ1v) is 8.41. The van der Waals surface area contributed by atoms with Crippen LogP contribution in [0.3, 0.4) is 0 Å². The molecule has 0 aliphatic heterocycles. The van der Waals surface area contributed by atoms with Crippen molar-refractivity contribution in [3.05, 3.63) is 38.2 Å². The molecule has 0 spiro atoms. The average molecular weight is 391 g/mol. The lowest BCUT2D eigenvalue weighted by molar-refractivity contribution is -0.384. The van der Waals surface area contributed by atoms with Gasteiger partial charge in [0.25, 0.3) is 10.9 Å². The molecule has 2 aromatic rings. The van der Waals surface area contributed by atoms with Gasteiger partial charge in [-0.3, -0.25) is 14.9 Å². The number of benzene rings is 1. The second kappa shape index (κ2) is 7.82. The van der Waals surface area contributed by atoms with E-state index in [0.717, 1.165) is 23.9 Å². The predicted octanol–water partition coefficient (Wildman–Crippen LogP) is 4.14. The quantitative estimate of drug-likeness (QED) is 0.447. The highest BCUT2D eigenvalue weighted by Crippen LogP contribution is 2.34. The van der Waals surface area contributed by atoms with Crippen LogP contribution in [-0.4, -0.2) is 26.8 Å². The molecule has 0 saturated heterocycles. The van der Waals surface area contributed by atoms with Crippen molar-refractivity contribution in [1.82, 2.24) is 10.2 Å². The highest BCUT2D eigenvalue weighted by Gasteiger charge is 2.17. The summed E-state index contributed by atoms with van der Waals surface area (Å²) < 4.78 is 5.37. The van der Waals surface area contributed by atoms with E-state index < -0.39 is 10.8 Å². The third kappa shape index (κ3) is 4.59. The highest BCUT2D eigenvalue weighted by molar-refractivity contribution is 7.99. The first-order valence-electron chi connectivity index (χ1n) is 6.67. The predicted molar refractivity (Wildman–Crippen MR) is 90.9 cm³/mol. The Morgan fingerprint density at radius 1 is 1.38 bits per heavy atom. The SMILES string of the molecule is CC(C)c1nnc(SCC(=O)Nc2c(Cl)cc([N+](=O)[O-])cc2Cl)o1. The van der Waals surface area contributed by atoms with Crippen molar-refractivity contribution in [2.24, 2.45) is 0 Å². The zero-order valence-electron chi connectivity index (χ0n) is 12.6. The molecule has 8 nitrogen and oxygen atoms in total. The van der Waals surface area contributed by atoms with E-state index in [1.54, 1.807) is 0 Å². The first kappa shape index (κ1) is 18.5. The van der Waals surface area contributed by atoms with E-state index in [-0.39, 0.29) is 38.3 Å². The van der Waals surface area contributed by atoms with Crippen LogP contribution in [0, 0.1) is 10.1 Å². The highest BCUT2D eigenvalue weighted by atomic mass is 35.5. The third-order valence-electron chi connectivity index (χ3n) is 2.74. The summed E-state index contributed by atoms with van der Waals surface area (Å²) >= 11 is 12.9. The molecular weight excluding hydrogens is 379 g/mol. The maximum Gasteiger partial charge on any atom is 0.277 e. The van der Waals surface area contributed by atoms with Crippen LogP contribution in [0.25, 0.3) is 0 Å². The van der Waals surface area contributed by atoms with Crippen LogP contribution in [0.4, 0.5) is 11.4 Å². The van der Waals surface area contributed by atoms with E-state index in [2.05, 4.69) is 15.5 Å².